The fourth-order valence-corrected chi connectivity index (χ4v) is 2.06. The number of aliphatic hydroxyl groups is 1. The largest absolute Gasteiger partial charge is 0.456 e. The third kappa shape index (κ3) is 3.56. The molecule has 2 rings (SSSR count). The van der Waals surface area contributed by atoms with E-state index in [0.717, 1.165) is 17.7 Å². The molecular formula is C16H20N2O2. The van der Waals surface area contributed by atoms with Gasteiger partial charge in [-0.15, -0.1) is 0 Å². The first-order valence-electron chi connectivity index (χ1n) is 6.77. The third-order valence-electron chi connectivity index (χ3n) is 3.19. The highest BCUT2D eigenvalue weighted by Crippen LogP contribution is 2.23. The lowest BCUT2D eigenvalue weighted by molar-refractivity contribution is 0.281. The summed E-state index contributed by atoms with van der Waals surface area (Å²) in [6.07, 6.45) is 2.71. The van der Waals surface area contributed by atoms with Gasteiger partial charge in [0.25, 0.3) is 0 Å². The maximum Gasteiger partial charge on any atom is 0.145 e. The second kappa shape index (κ2) is 7.03. The van der Waals surface area contributed by atoms with E-state index >= 15 is 0 Å². The number of rotatable bonds is 6. The van der Waals surface area contributed by atoms with Gasteiger partial charge in [-0.25, -0.2) is 0 Å². The number of nitrogens with one attached hydrogen (secondary N) is 1. The Hall–Kier alpha value is -1.91. The minimum Gasteiger partial charge on any atom is -0.456 e. The zero-order valence-electron chi connectivity index (χ0n) is 11.8. The smallest absolute Gasteiger partial charge is 0.145 e. The molecule has 20 heavy (non-hydrogen) atoms. The molecule has 0 radical (unpaired) electrons. The Balaban J connectivity index is 2.10. The van der Waals surface area contributed by atoms with Gasteiger partial charge in [0.15, 0.2) is 0 Å². The first-order valence-corrected chi connectivity index (χ1v) is 6.77. The number of benzene rings is 1. The van der Waals surface area contributed by atoms with Crippen LogP contribution < -0.4 is 10.1 Å². The molecule has 0 saturated heterocycles. The summed E-state index contributed by atoms with van der Waals surface area (Å²) in [7, 11) is 1.93. The Kier molecular flexibility index (Phi) is 5.09. The van der Waals surface area contributed by atoms with Crippen molar-refractivity contribution < 1.29 is 9.84 Å². The summed E-state index contributed by atoms with van der Waals surface area (Å²) in [5.41, 5.74) is 1.83. The fraction of sp³-hybridized carbons (Fsp3) is 0.312. The molecule has 1 aromatic heterocycles. The van der Waals surface area contributed by atoms with E-state index < -0.39 is 0 Å². The normalized spacial score (nSPS) is 12.2. The number of ether oxygens (including phenoxy) is 1. The molecule has 0 saturated carbocycles. The van der Waals surface area contributed by atoms with Crippen molar-refractivity contribution in [1.29, 1.82) is 0 Å². The average molecular weight is 272 g/mol. The Morgan fingerprint density at radius 1 is 1.25 bits per heavy atom. The second-order valence-corrected chi connectivity index (χ2v) is 4.58. The van der Waals surface area contributed by atoms with Crippen molar-refractivity contribution in [2.45, 2.75) is 26.0 Å². The average Bonchev–Trinajstić information content (AvgIpc) is 2.50. The summed E-state index contributed by atoms with van der Waals surface area (Å²) in [5.74, 6) is 1.39. The second-order valence-electron chi connectivity index (χ2n) is 4.58. The summed E-state index contributed by atoms with van der Waals surface area (Å²) >= 11 is 0. The lowest BCUT2D eigenvalue weighted by atomic mass is 10.1. The van der Waals surface area contributed by atoms with E-state index in [1.54, 1.807) is 6.20 Å². The molecule has 0 aliphatic rings. The fourth-order valence-electron chi connectivity index (χ4n) is 2.06. The van der Waals surface area contributed by atoms with E-state index in [1.165, 1.54) is 0 Å². The van der Waals surface area contributed by atoms with Crippen molar-refractivity contribution in [3.63, 3.8) is 0 Å². The molecule has 1 atom stereocenters. The number of hydrogen-bond acceptors (Lipinski definition) is 4. The Morgan fingerprint density at radius 2 is 2.10 bits per heavy atom. The SMILES string of the molecule is CCC(NC)c1ccc(Oc2cccc(CO)c2)cn1. The zero-order chi connectivity index (χ0) is 14.4. The van der Waals surface area contributed by atoms with Crippen LogP contribution in [0.3, 0.4) is 0 Å². The van der Waals surface area contributed by atoms with Gasteiger partial charge in [0, 0.05) is 6.04 Å². The highest BCUT2D eigenvalue weighted by Gasteiger charge is 2.08. The zero-order valence-corrected chi connectivity index (χ0v) is 11.8. The van der Waals surface area contributed by atoms with Crippen molar-refractivity contribution in [1.82, 2.24) is 10.3 Å². The van der Waals surface area contributed by atoms with Crippen LogP contribution >= 0.6 is 0 Å². The number of nitrogens with zero attached hydrogens (tertiary/aromatic N) is 1. The van der Waals surface area contributed by atoms with Crippen molar-refractivity contribution in [3.05, 3.63) is 53.9 Å². The van der Waals surface area contributed by atoms with E-state index in [9.17, 15) is 0 Å². The molecule has 1 unspecified atom stereocenters. The molecule has 4 nitrogen and oxygen atoms in total. The highest BCUT2D eigenvalue weighted by molar-refractivity contribution is 5.33. The molecule has 0 aliphatic heterocycles. The van der Waals surface area contributed by atoms with Crippen molar-refractivity contribution in [3.8, 4) is 11.5 Å². The predicted octanol–water partition coefficient (Wildman–Crippen LogP) is 3.04. The van der Waals surface area contributed by atoms with Gasteiger partial charge in [-0.05, 0) is 43.3 Å². The minimum absolute atomic E-state index is 0.00867. The third-order valence-corrected chi connectivity index (χ3v) is 3.19. The van der Waals surface area contributed by atoms with Crippen LogP contribution in [0, 0.1) is 0 Å². The summed E-state index contributed by atoms with van der Waals surface area (Å²) < 4.78 is 5.73. The monoisotopic (exact) mass is 272 g/mol. The van der Waals surface area contributed by atoms with E-state index in [-0.39, 0.29) is 12.6 Å². The molecule has 1 heterocycles. The summed E-state index contributed by atoms with van der Waals surface area (Å²) in [4.78, 5) is 4.42. The van der Waals surface area contributed by atoms with Gasteiger partial charge >= 0.3 is 0 Å². The number of pyridine rings is 1. The summed E-state index contributed by atoms with van der Waals surface area (Å²) in [6, 6.07) is 11.5. The minimum atomic E-state index is 0.00867. The van der Waals surface area contributed by atoms with Gasteiger partial charge in [0.1, 0.15) is 11.5 Å². The van der Waals surface area contributed by atoms with Gasteiger partial charge in [-0.2, -0.15) is 0 Å². The van der Waals surface area contributed by atoms with Gasteiger partial charge in [0.2, 0.25) is 0 Å². The Bertz CT molecular complexity index is 536. The number of aromatic nitrogens is 1. The predicted molar refractivity (Wildman–Crippen MR) is 78.8 cm³/mol. The maximum atomic E-state index is 9.11. The van der Waals surface area contributed by atoms with E-state index in [4.69, 9.17) is 9.84 Å². The van der Waals surface area contributed by atoms with Crippen molar-refractivity contribution in [2.24, 2.45) is 0 Å². The number of hydrogen-bond donors (Lipinski definition) is 2. The molecule has 4 heteroatoms. The lowest BCUT2D eigenvalue weighted by Gasteiger charge is -2.13. The summed E-state index contributed by atoms with van der Waals surface area (Å²) in [6.45, 7) is 2.13. The van der Waals surface area contributed by atoms with Crippen LogP contribution in [0.4, 0.5) is 0 Å². The number of aliphatic hydroxyl groups excluding tert-OH is 1. The molecule has 0 fully saturated rings. The van der Waals surface area contributed by atoms with Crippen LogP contribution in [0.25, 0.3) is 0 Å². The topological polar surface area (TPSA) is 54.4 Å². The molecule has 0 spiro atoms. The van der Waals surface area contributed by atoms with Gasteiger partial charge < -0.3 is 15.2 Å². The quantitative estimate of drug-likeness (QED) is 0.848. The molecule has 106 valence electrons. The molecule has 1 aromatic carbocycles. The van der Waals surface area contributed by atoms with Crippen LogP contribution in [0.2, 0.25) is 0 Å². The lowest BCUT2D eigenvalue weighted by Crippen LogP contribution is -2.16. The van der Waals surface area contributed by atoms with E-state index in [0.29, 0.717) is 11.5 Å². The van der Waals surface area contributed by atoms with Crippen LogP contribution in [-0.4, -0.2) is 17.1 Å². The van der Waals surface area contributed by atoms with Crippen molar-refractivity contribution in [2.75, 3.05) is 7.05 Å². The summed E-state index contributed by atoms with van der Waals surface area (Å²) in [5, 5.41) is 12.3. The Morgan fingerprint density at radius 3 is 2.70 bits per heavy atom. The maximum absolute atomic E-state index is 9.11. The van der Waals surface area contributed by atoms with Crippen LogP contribution in [0.5, 0.6) is 11.5 Å². The molecule has 2 N–H and O–H groups in total. The molecule has 0 aliphatic carbocycles. The van der Waals surface area contributed by atoms with Crippen LogP contribution in [0.1, 0.15) is 30.6 Å². The van der Waals surface area contributed by atoms with Gasteiger partial charge in [-0.1, -0.05) is 19.1 Å². The standard InChI is InChI=1S/C16H20N2O2/c1-3-15(17-2)16-8-7-14(10-18-16)20-13-6-4-5-12(9-13)11-19/h4-10,15,17,19H,3,11H2,1-2H3. The molecule has 0 bridgehead atoms. The Labute approximate surface area is 119 Å². The molecule has 0 amide bonds. The van der Waals surface area contributed by atoms with Crippen LogP contribution in [0.15, 0.2) is 42.6 Å². The van der Waals surface area contributed by atoms with Gasteiger partial charge in [0.05, 0.1) is 18.5 Å². The van der Waals surface area contributed by atoms with Crippen LogP contribution in [-0.2, 0) is 6.61 Å². The first kappa shape index (κ1) is 14.5. The van der Waals surface area contributed by atoms with Crippen molar-refractivity contribution >= 4 is 0 Å². The van der Waals surface area contributed by atoms with E-state index in [2.05, 4.69) is 17.2 Å². The highest BCUT2D eigenvalue weighted by atomic mass is 16.5. The molecule has 2 aromatic rings. The molecular weight excluding hydrogens is 252 g/mol. The first-order chi connectivity index (χ1) is 9.76. The van der Waals surface area contributed by atoms with E-state index in [1.807, 2.05) is 43.4 Å². The van der Waals surface area contributed by atoms with Gasteiger partial charge in [-0.3, -0.25) is 4.98 Å².